The summed E-state index contributed by atoms with van der Waals surface area (Å²) in [7, 11) is 0. The van der Waals surface area contributed by atoms with E-state index in [0.29, 0.717) is 17.4 Å². The van der Waals surface area contributed by atoms with Crippen molar-refractivity contribution in [1.82, 2.24) is 15.1 Å². The molecule has 3 rings (SSSR count). The van der Waals surface area contributed by atoms with Crippen molar-refractivity contribution >= 4 is 11.3 Å². The fourth-order valence-corrected chi connectivity index (χ4v) is 2.12. The maximum Gasteiger partial charge on any atom is 0.248 e. The molecule has 0 saturated heterocycles. The van der Waals surface area contributed by atoms with Crippen LogP contribution in [-0.4, -0.2) is 15.1 Å². The third-order valence-electron chi connectivity index (χ3n) is 2.53. The number of hydrogen-bond donors (Lipinski definition) is 1. The Morgan fingerprint density at radius 1 is 1.22 bits per heavy atom. The summed E-state index contributed by atoms with van der Waals surface area (Å²) in [6.07, 6.45) is 0. The molecule has 3 aromatic rings. The van der Waals surface area contributed by atoms with E-state index in [1.165, 1.54) is 11.3 Å². The second-order valence-electron chi connectivity index (χ2n) is 3.72. The SMILES string of the molecule is N[C@@H](c1ccccc1)c1nc(-c2cscn2)no1. The summed E-state index contributed by atoms with van der Waals surface area (Å²) >= 11 is 1.48. The maximum absolute atomic E-state index is 6.07. The predicted octanol–water partition coefficient (Wildman–Crippen LogP) is 2.24. The van der Waals surface area contributed by atoms with Crippen LogP contribution in [-0.2, 0) is 0 Å². The fraction of sp³-hybridized carbons (Fsp3) is 0.0833. The third-order valence-corrected chi connectivity index (χ3v) is 3.11. The maximum atomic E-state index is 6.07. The second-order valence-corrected chi connectivity index (χ2v) is 4.44. The van der Waals surface area contributed by atoms with Crippen LogP contribution in [0.5, 0.6) is 0 Å². The quantitative estimate of drug-likeness (QED) is 0.779. The molecule has 0 saturated carbocycles. The molecule has 90 valence electrons. The Hall–Kier alpha value is -2.05. The molecule has 18 heavy (non-hydrogen) atoms. The van der Waals surface area contributed by atoms with E-state index < -0.39 is 6.04 Å². The Balaban J connectivity index is 1.90. The van der Waals surface area contributed by atoms with Crippen LogP contribution >= 0.6 is 11.3 Å². The van der Waals surface area contributed by atoms with Crippen LogP contribution in [0.4, 0.5) is 0 Å². The van der Waals surface area contributed by atoms with Crippen molar-refractivity contribution in [1.29, 1.82) is 0 Å². The van der Waals surface area contributed by atoms with Gasteiger partial charge in [0.2, 0.25) is 11.7 Å². The van der Waals surface area contributed by atoms with Crippen molar-refractivity contribution in [3.63, 3.8) is 0 Å². The van der Waals surface area contributed by atoms with Gasteiger partial charge in [-0.05, 0) is 5.56 Å². The van der Waals surface area contributed by atoms with Crippen molar-refractivity contribution in [2.75, 3.05) is 0 Å². The van der Waals surface area contributed by atoms with Gasteiger partial charge in [0.05, 0.1) is 5.51 Å². The Kier molecular flexibility index (Phi) is 2.87. The molecule has 0 fully saturated rings. The van der Waals surface area contributed by atoms with E-state index in [2.05, 4.69) is 15.1 Å². The number of rotatable bonds is 3. The lowest BCUT2D eigenvalue weighted by Crippen LogP contribution is -2.11. The molecule has 0 bridgehead atoms. The molecule has 1 atom stereocenters. The first-order valence-electron chi connectivity index (χ1n) is 5.37. The van der Waals surface area contributed by atoms with Gasteiger partial charge < -0.3 is 10.3 Å². The number of hydrogen-bond acceptors (Lipinski definition) is 6. The number of nitrogens with zero attached hydrogens (tertiary/aromatic N) is 3. The summed E-state index contributed by atoms with van der Waals surface area (Å²) in [4.78, 5) is 8.40. The first-order valence-corrected chi connectivity index (χ1v) is 6.31. The highest BCUT2D eigenvalue weighted by atomic mass is 32.1. The molecular weight excluding hydrogens is 248 g/mol. The Morgan fingerprint density at radius 2 is 2.06 bits per heavy atom. The Labute approximate surface area is 107 Å². The standard InChI is InChI=1S/C12H10N4OS/c13-10(8-4-2-1-3-5-8)12-15-11(16-17-12)9-6-18-7-14-9/h1-7,10H,13H2/t10-/m0/s1. The monoisotopic (exact) mass is 258 g/mol. The van der Waals surface area contributed by atoms with Gasteiger partial charge in [-0.3, -0.25) is 0 Å². The normalized spacial score (nSPS) is 12.5. The van der Waals surface area contributed by atoms with Crippen LogP contribution in [0.15, 0.2) is 45.7 Å². The lowest BCUT2D eigenvalue weighted by molar-refractivity contribution is 0.367. The van der Waals surface area contributed by atoms with Crippen molar-refractivity contribution in [3.8, 4) is 11.5 Å². The third kappa shape index (κ3) is 2.03. The Bertz CT molecular complexity index is 621. The molecular formula is C12H10N4OS. The van der Waals surface area contributed by atoms with Gasteiger partial charge in [-0.25, -0.2) is 4.98 Å². The topological polar surface area (TPSA) is 77.8 Å². The Morgan fingerprint density at radius 3 is 2.78 bits per heavy atom. The molecule has 2 N–H and O–H groups in total. The van der Waals surface area contributed by atoms with E-state index in [0.717, 1.165) is 5.56 Å². The fourth-order valence-electron chi connectivity index (χ4n) is 1.59. The number of thiazole rings is 1. The van der Waals surface area contributed by atoms with Gasteiger partial charge in [0.1, 0.15) is 11.7 Å². The highest BCUT2D eigenvalue weighted by Gasteiger charge is 2.17. The molecule has 0 spiro atoms. The van der Waals surface area contributed by atoms with Crippen molar-refractivity contribution in [3.05, 3.63) is 52.7 Å². The zero-order chi connectivity index (χ0) is 12.4. The van der Waals surface area contributed by atoms with Crippen LogP contribution < -0.4 is 5.73 Å². The lowest BCUT2D eigenvalue weighted by Gasteiger charge is -2.05. The van der Waals surface area contributed by atoms with Gasteiger partial charge in [0, 0.05) is 5.38 Å². The summed E-state index contributed by atoms with van der Waals surface area (Å²) in [5.74, 6) is 0.863. The van der Waals surface area contributed by atoms with Crippen LogP contribution in [0.25, 0.3) is 11.5 Å². The summed E-state index contributed by atoms with van der Waals surface area (Å²) in [5, 5.41) is 5.75. The van der Waals surface area contributed by atoms with E-state index in [9.17, 15) is 0 Å². The van der Waals surface area contributed by atoms with Crippen LogP contribution in [0.2, 0.25) is 0 Å². The van der Waals surface area contributed by atoms with E-state index in [4.69, 9.17) is 10.3 Å². The van der Waals surface area contributed by atoms with Gasteiger partial charge in [0.15, 0.2) is 0 Å². The molecule has 1 aromatic carbocycles. The van der Waals surface area contributed by atoms with Gasteiger partial charge in [0.25, 0.3) is 0 Å². The van der Waals surface area contributed by atoms with E-state index >= 15 is 0 Å². The van der Waals surface area contributed by atoms with E-state index in [1.807, 2.05) is 35.7 Å². The molecule has 0 aliphatic carbocycles. The number of benzene rings is 1. The summed E-state index contributed by atoms with van der Waals surface area (Å²) in [6, 6.07) is 9.23. The average molecular weight is 258 g/mol. The molecule has 2 heterocycles. The highest BCUT2D eigenvalue weighted by Crippen LogP contribution is 2.21. The predicted molar refractivity (Wildman–Crippen MR) is 67.9 cm³/mol. The number of aromatic nitrogens is 3. The number of nitrogens with two attached hydrogens (primary N) is 1. The highest BCUT2D eigenvalue weighted by molar-refractivity contribution is 7.07. The van der Waals surface area contributed by atoms with Gasteiger partial charge in [-0.15, -0.1) is 11.3 Å². The van der Waals surface area contributed by atoms with Gasteiger partial charge in [-0.1, -0.05) is 35.5 Å². The molecule has 0 aliphatic heterocycles. The largest absolute Gasteiger partial charge is 0.337 e. The second kappa shape index (κ2) is 4.67. The average Bonchev–Trinajstić information content (AvgIpc) is 3.09. The molecule has 6 heteroatoms. The molecule has 0 unspecified atom stereocenters. The molecule has 5 nitrogen and oxygen atoms in total. The van der Waals surface area contributed by atoms with E-state index in [1.54, 1.807) is 5.51 Å². The van der Waals surface area contributed by atoms with Crippen molar-refractivity contribution < 1.29 is 4.52 Å². The van der Waals surface area contributed by atoms with E-state index in [-0.39, 0.29) is 0 Å². The zero-order valence-electron chi connectivity index (χ0n) is 9.35. The van der Waals surface area contributed by atoms with Crippen LogP contribution in [0.3, 0.4) is 0 Å². The van der Waals surface area contributed by atoms with Gasteiger partial charge >= 0.3 is 0 Å². The van der Waals surface area contributed by atoms with Gasteiger partial charge in [-0.2, -0.15) is 4.98 Å². The van der Waals surface area contributed by atoms with Crippen LogP contribution in [0, 0.1) is 0 Å². The van der Waals surface area contributed by atoms with Crippen molar-refractivity contribution in [2.24, 2.45) is 5.73 Å². The van der Waals surface area contributed by atoms with Crippen LogP contribution in [0.1, 0.15) is 17.5 Å². The minimum atomic E-state index is -0.411. The molecule has 0 aliphatic rings. The first-order chi connectivity index (χ1) is 8.84. The van der Waals surface area contributed by atoms with Crippen molar-refractivity contribution in [2.45, 2.75) is 6.04 Å². The zero-order valence-corrected chi connectivity index (χ0v) is 10.2. The molecule has 0 amide bonds. The summed E-state index contributed by atoms with van der Waals surface area (Å²) in [5.41, 5.74) is 9.43. The smallest absolute Gasteiger partial charge is 0.248 e. The minimum Gasteiger partial charge on any atom is -0.337 e. The summed E-state index contributed by atoms with van der Waals surface area (Å²) in [6.45, 7) is 0. The lowest BCUT2D eigenvalue weighted by atomic mass is 10.1. The first kappa shape index (κ1) is 11.1. The minimum absolute atomic E-state index is 0.393. The molecule has 0 radical (unpaired) electrons. The molecule has 2 aromatic heterocycles. The summed E-state index contributed by atoms with van der Waals surface area (Å²) < 4.78 is 5.18.